The van der Waals surface area contributed by atoms with Gasteiger partial charge in [-0.3, -0.25) is 0 Å². The summed E-state index contributed by atoms with van der Waals surface area (Å²) in [7, 11) is 0. The quantitative estimate of drug-likeness (QED) is 0.808. The van der Waals surface area contributed by atoms with E-state index >= 15 is 0 Å². The van der Waals surface area contributed by atoms with Gasteiger partial charge in [0.15, 0.2) is 0 Å². The smallest absolute Gasteiger partial charge is 0.322 e. The second kappa shape index (κ2) is 8.31. The number of amides is 2. The van der Waals surface area contributed by atoms with Crippen LogP contribution in [0.15, 0.2) is 24.3 Å². The maximum Gasteiger partial charge on any atom is 0.322 e. The lowest BCUT2D eigenvalue weighted by atomic mass is 10.2. The third kappa shape index (κ3) is 4.82. The highest BCUT2D eigenvalue weighted by atomic mass is 35.5. The topological polar surface area (TPSA) is 61.4 Å². The highest BCUT2D eigenvalue weighted by Gasteiger charge is 2.23. The molecule has 0 radical (unpaired) electrons. The van der Waals surface area contributed by atoms with Crippen molar-refractivity contribution in [3.8, 4) is 0 Å². The molecule has 8 heteroatoms. The van der Waals surface area contributed by atoms with Crippen molar-refractivity contribution in [2.24, 2.45) is 0 Å². The molecule has 1 fully saturated rings. The van der Waals surface area contributed by atoms with Crippen LogP contribution in [0.1, 0.15) is 31.3 Å². The second-order valence-corrected chi connectivity index (χ2v) is 7.75. The zero-order valence-electron chi connectivity index (χ0n) is 15.7. The SMILES string of the molecule is Cc1cc(N2CCN(C(=O)Nc3cc(Cl)ccc3Cl)CC2)nc(C(C)C)n1. The summed E-state index contributed by atoms with van der Waals surface area (Å²) in [6.07, 6.45) is 0. The average molecular weight is 408 g/mol. The van der Waals surface area contributed by atoms with Crippen LogP contribution in [0.3, 0.4) is 0 Å². The van der Waals surface area contributed by atoms with Crippen molar-refractivity contribution in [2.45, 2.75) is 26.7 Å². The standard InChI is InChI=1S/C19H23Cl2N5O/c1-12(2)18-22-13(3)10-17(24-18)25-6-8-26(9-7-25)19(27)23-16-11-14(20)4-5-15(16)21/h4-5,10-12H,6-9H2,1-3H3,(H,23,27). The molecule has 1 aromatic carbocycles. The van der Waals surface area contributed by atoms with Gasteiger partial charge in [-0.1, -0.05) is 37.0 Å². The largest absolute Gasteiger partial charge is 0.353 e. The number of rotatable bonds is 3. The first-order chi connectivity index (χ1) is 12.8. The maximum absolute atomic E-state index is 12.5. The first-order valence-electron chi connectivity index (χ1n) is 8.95. The zero-order chi connectivity index (χ0) is 19.6. The van der Waals surface area contributed by atoms with E-state index in [1.54, 1.807) is 23.1 Å². The second-order valence-electron chi connectivity index (χ2n) is 6.91. The van der Waals surface area contributed by atoms with E-state index in [0.29, 0.717) is 41.9 Å². The van der Waals surface area contributed by atoms with Gasteiger partial charge >= 0.3 is 6.03 Å². The van der Waals surface area contributed by atoms with Crippen molar-refractivity contribution in [1.29, 1.82) is 0 Å². The van der Waals surface area contributed by atoms with Crippen LogP contribution in [-0.2, 0) is 0 Å². The van der Waals surface area contributed by atoms with Crippen molar-refractivity contribution in [3.05, 3.63) is 45.8 Å². The van der Waals surface area contributed by atoms with Crippen molar-refractivity contribution in [1.82, 2.24) is 14.9 Å². The Bertz CT molecular complexity index is 835. The summed E-state index contributed by atoms with van der Waals surface area (Å²) in [5.74, 6) is 2.04. The molecule has 1 aliphatic heterocycles. The lowest BCUT2D eigenvalue weighted by Crippen LogP contribution is -2.50. The van der Waals surface area contributed by atoms with Gasteiger partial charge in [0.25, 0.3) is 0 Å². The fourth-order valence-corrected chi connectivity index (χ4v) is 3.26. The molecule has 1 aromatic heterocycles. The first-order valence-corrected chi connectivity index (χ1v) is 9.70. The van der Waals surface area contributed by atoms with Gasteiger partial charge in [0, 0.05) is 48.9 Å². The molecule has 0 bridgehead atoms. The Morgan fingerprint density at radius 1 is 1.11 bits per heavy atom. The Morgan fingerprint density at radius 3 is 2.48 bits per heavy atom. The van der Waals surface area contributed by atoms with Gasteiger partial charge in [-0.2, -0.15) is 0 Å². The van der Waals surface area contributed by atoms with Gasteiger partial charge in [-0.05, 0) is 25.1 Å². The average Bonchev–Trinajstić information content (AvgIpc) is 2.64. The van der Waals surface area contributed by atoms with Crippen molar-refractivity contribution in [2.75, 3.05) is 36.4 Å². The summed E-state index contributed by atoms with van der Waals surface area (Å²) >= 11 is 12.1. The van der Waals surface area contributed by atoms with E-state index in [0.717, 1.165) is 17.3 Å². The molecule has 3 rings (SSSR count). The molecule has 6 nitrogen and oxygen atoms in total. The van der Waals surface area contributed by atoms with Crippen LogP contribution in [0.4, 0.5) is 16.3 Å². The number of halogens is 2. The number of aryl methyl sites for hydroxylation is 1. The van der Waals surface area contributed by atoms with Gasteiger partial charge in [-0.15, -0.1) is 0 Å². The summed E-state index contributed by atoms with van der Waals surface area (Å²) in [5, 5.41) is 3.82. The number of anilines is 2. The van der Waals surface area contributed by atoms with E-state index in [2.05, 4.69) is 34.0 Å². The zero-order valence-corrected chi connectivity index (χ0v) is 17.2. The van der Waals surface area contributed by atoms with E-state index in [4.69, 9.17) is 23.2 Å². The van der Waals surface area contributed by atoms with E-state index in [9.17, 15) is 4.79 Å². The van der Waals surface area contributed by atoms with Crippen molar-refractivity contribution >= 4 is 40.7 Å². The minimum absolute atomic E-state index is 0.180. The maximum atomic E-state index is 12.5. The third-order valence-electron chi connectivity index (χ3n) is 4.44. The highest BCUT2D eigenvalue weighted by molar-refractivity contribution is 6.35. The monoisotopic (exact) mass is 407 g/mol. The minimum atomic E-state index is -0.180. The van der Waals surface area contributed by atoms with Crippen LogP contribution in [0.25, 0.3) is 0 Å². The lowest BCUT2D eigenvalue weighted by Gasteiger charge is -2.35. The number of hydrogen-bond donors (Lipinski definition) is 1. The van der Waals surface area contributed by atoms with Crippen LogP contribution in [0.5, 0.6) is 0 Å². The molecule has 144 valence electrons. The van der Waals surface area contributed by atoms with Crippen molar-refractivity contribution < 1.29 is 4.79 Å². The van der Waals surface area contributed by atoms with Crippen molar-refractivity contribution in [3.63, 3.8) is 0 Å². The van der Waals surface area contributed by atoms with Gasteiger partial charge in [0.05, 0.1) is 10.7 Å². The van der Waals surface area contributed by atoms with Crippen LogP contribution in [-0.4, -0.2) is 47.1 Å². The molecule has 0 spiro atoms. The number of urea groups is 1. The van der Waals surface area contributed by atoms with Crippen LogP contribution < -0.4 is 10.2 Å². The Labute approximate surface area is 169 Å². The van der Waals surface area contributed by atoms with Gasteiger partial charge in [-0.25, -0.2) is 14.8 Å². The molecule has 0 aliphatic carbocycles. The molecule has 1 N–H and O–H groups in total. The predicted molar refractivity (Wildman–Crippen MR) is 110 cm³/mol. The van der Waals surface area contributed by atoms with Gasteiger partial charge in [0.2, 0.25) is 0 Å². The molecule has 1 saturated heterocycles. The molecule has 0 saturated carbocycles. The molecule has 2 aromatic rings. The highest BCUT2D eigenvalue weighted by Crippen LogP contribution is 2.26. The minimum Gasteiger partial charge on any atom is -0.353 e. The molecular weight excluding hydrogens is 385 g/mol. The van der Waals surface area contributed by atoms with Gasteiger partial charge in [0.1, 0.15) is 11.6 Å². The molecule has 2 heterocycles. The molecule has 2 amide bonds. The normalized spacial score (nSPS) is 14.6. The number of nitrogens with zero attached hydrogens (tertiary/aromatic N) is 4. The fourth-order valence-electron chi connectivity index (χ4n) is 2.92. The Balaban J connectivity index is 1.63. The van der Waals surface area contributed by atoms with E-state index in [1.165, 1.54) is 0 Å². The summed E-state index contributed by atoms with van der Waals surface area (Å²) in [6.45, 7) is 8.78. The van der Waals surface area contributed by atoms with E-state index in [-0.39, 0.29) is 11.9 Å². The molecular formula is C19H23Cl2N5O. The fraction of sp³-hybridized carbons (Fsp3) is 0.421. The number of hydrogen-bond acceptors (Lipinski definition) is 4. The Morgan fingerprint density at radius 2 is 1.81 bits per heavy atom. The van der Waals surface area contributed by atoms with Crippen LogP contribution >= 0.6 is 23.2 Å². The molecule has 27 heavy (non-hydrogen) atoms. The third-order valence-corrected chi connectivity index (χ3v) is 5.00. The number of carbonyl (C=O) groups excluding carboxylic acids is 1. The number of aromatic nitrogens is 2. The number of piperazine rings is 1. The summed E-state index contributed by atoms with van der Waals surface area (Å²) < 4.78 is 0. The Kier molecular flexibility index (Phi) is 6.07. The van der Waals surface area contributed by atoms with Gasteiger partial charge < -0.3 is 15.1 Å². The summed E-state index contributed by atoms with van der Waals surface area (Å²) in [4.78, 5) is 25.7. The van der Waals surface area contributed by atoms with Crippen LogP contribution in [0.2, 0.25) is 10.0 Å². The van der Waals surface area contributed by atoms with E-state index < -0.39 is 0 Å². The molecule has 0 unspecified atom stereocenters. The van der Waals surface area contributed by atoms with Crippen LogP contribution in [0, 0.1) is 6.92 Å². The lowest BCUT2D eigenvalue weighted by molar-refractivity contribution is 0.208. The van der Waals surface area contributed by atoms with E-state index in [1.807, 2.05) is 13.0 Å². The summed E-state index contributed by atoms with van der Waals surface area (Å²) in [5.41, 5.74) is 1.48. The predicted octanol–water partition coefficient (Wildman–Crippen LogP) is 4.57. The Hall–Kier alpha value is -2.05. The molecule has 1 aliphatic rings. The molecule has 0 atom stereocenters. The summed E-state index contributed by atoms with van der Waals surface area (Å²) in [6, 6.07) is 6.82. The first kappa shape index (κ1) is 19.7. The number of nitrogens with one attached hydrogen (secondary N) is 1. The number of carbonyl (C=O) groups is 1. The number of benzene rings is 1.